The maximum absolute atomic E-state index is 10.1. The fourth-order valence-corrected chi connectivity index (χ4v) is 0.248. The molecule has 54 valence electrons. The number of hydrogen-bond acceptors (Lipinski definition) is 3. The van der Waals surface area contributed by atoms with Crippen molar-refractivity contribution in [2.75, 3.05) is 0 Å². The molecule has 4 heteroatoms. The zero-order valence-corrected chi connectivity index (χ0v) is 6.03. The average Bonchev–Trinajstić information content (AvgIpc) is 1.64. The van der Waals surface area contributed by atoms with E-state index in [9.17, 15) is 14.4 Å². The SMILES string of the molecule is CC(=O)C(=O)C(C)=O.[Ni]. The van der Waals surface area contributed by atoms with Gasteiger partial charge in [0, 0.05) is 30.3 Å². The number of carbonyl (C=O) groups is 3. The Hall–Kier alpha value is -0.496. The second-order valence-corrected chi connectivity index (χ2v) is 1.44. The molecule has 0 aliphatic carbocycles. The van der Waals surface area contributed by atoms with Crippen molar-refractivity contribution >= 4 is 17.3 Å². The van der Waals surface area contributed by atoms with Crippen LogP contribution >= 0.6 is 0 Å². The van der Waals surface area contributed by atoms with Crippen LogP contribution in [0, 0.1) is 0 Å². The Kier molecular flexibility index (Phi) is 5.52. The van der Waals surface area contributed by atoms with Crippen LogP contribution in [0.3, 0.4) is 0 Å². The van der Waals surface area contributed by atoms with Crippen molar-refractivity contribution in [1.29, 1.82) is 0 Å². The van der Waals surface area contributed by atoms with E-state index in [2.05, 4.69) is 0 Å². The standard InChI is InChI=1S/C5H6O3.Ni/c1-3(6)5(8)4(2)7;/h1-2H3;. The van der Waals surface area contributed by atoms with Gasteiger partial charge >= 0.3 is 0 Å². The minimum atomic E-state index is -0.926. The van der Waals surface area contributed by atoms with E-state index < -0.39 is 17.3 Å². The second-order valence-electron chi connectivity index (χ2n) is 1.44. The second kappa shape index (κ2) is 4.39. The van der Waals surface area contributed by atoms with Gasteiger partial charge in [-0.25, -0.2) is 0 Å². The molecule has 0 spiro atoms. The summed E-state index contributed by atoms with van der Waals surface area (Å²) in [4.78, 5) is 30.2. The van der Waals surface area contributed by atoms with Crippen LogP contribution < -0.4 is 0 Å². The van der Waals surface area contributed by atoms with Crippen LogP contribution in [0.4, 0.5) is 0 Å². The number of carbonyl (C=O) groups excluding carboxylic acids is 3. The minimum Gasteiger partial charge on any atom is -0.291 e. The summed E-state index contributed by atoms with van der Waals surface area (Å²) >= 11 is 0. The maximum atomic E-state index is 10.1. The molecular formula is C5H6NiO3. The summed E-state index contributed by atoms with van der Waals surface area (Å²) < 4.78 is 0. The van der Waals surface area contributed by atoms with E-state index in [1.54, 1.807) is 0 Å². The third-order valence-electron chi connectivity index (χ3n) is 0.640. The van der Waals surface area contributed by atoms with Crippen molar-refractivity contribution in [3.05, 3.63) is 0 Å². The van der Waals surface area contributed by atoms with Gasteiger partial charge in [-0.2, -0.15) is 0 Å². The first kappa shape index (κ1) is 11.3. The van der Waals surface area contributed by atoms with Crippen LogP contribution in [0.5, 0.6) is 0 Å². The fraction of sp³-hybridized carbons (Fsp3) is 0.400. The zero-order valence-electron chi connectivity index (χ0n) is 5.04. The summed E-state index contributed by atoms with van der Waals surface area (Å²) in [6.07, 6.45) is 0. The molecule has 0 unspecified atom stereocenters. The van der Waals surface area contributed by atoms with Gasteiger partial charge in [0.05, 0.1) is 0 Å². The van der Waals surface area contributed by atoms with Crippen LogP contribution in [-0.2, 0) is 30.9 Å². The molecule has 0 rings (SSSR count). The third-order valence-corrected chi connectivity index (χ3v) is 0.640. The van der Waals surface area contributed by atoms with E-state index in [4.69, 9.17) is 0 Å². The van der Waals surface area contributed by atoms with Crippen molar-refractivity contribution in [2.45, 2.75) is 13.8 Å². The van der Waals surface area contributed by atoms with E-state index in [1.807, 2.05) is 0 Å². The summed E-state index contributed by atoms with van der Waals surface area (Å²) in [5, 5.41) is 0. The molecule has 0 aliphatic rings. The molecule has 0 amide bonds. The molecule has 0 bridgehead atoms. The number of ketones is 3. The van der Waals surface area contributed by atoms with Crippen molar-refractivity contribution < 1.29 is 30.9 Å². The molecule has 0 saturated carbocycles. The molecule has 0 aromatic rings. The first-order chi connectivity index (χ1) is 3.55. The van der Waals surface area contributed by atoms with E-state index >= 15 is 0 Å². The first-order valence-electron chi connectivity index (χ1n) is 2.11. The molecule has 0 aromatic carbocycles. The normalized spacial score (nSPS) is 7.33. The predicted molar refractivity (Wildman–Crippen MR) is 26.4 cm³/mol. The molecule has 0 saturated heterocycles. The Bertz CT molecular complexity index is 134. The van der Waals surface area contributed by atoms with Gasteiger partial charge in [-0.1, -0.05) is 0 Å². The maximum Gasteiger partial charge on any atom is 0.263 e. The number of rotatable bonds is 2. The molecular weight excluding hydrogens is 167 g/mol. The topological polar surface area (TPSA) is 51.2 Å². The molecule has 3 nitrogen and oxygen atoms in total. The van der Waals surface area contributed by atoms with Gasteiger partial charge < -0.3 is 0 Å². The Morgan fingerprint density at radius 3 is 1.11 bits per heavy atom. The van der Waals surface area contributed by atoms with Crippen LogP contribution in [-0.4, -0.2) is 17.3 Å². The van der Waals surface area contributed by atoms with Gasteiger partial charge in [-0.3, -0.25) is 14.4 Å². The van der Waals surface area contributed by atoms with Gasteiger partial charge in [-0.15, -0.1) is 0 Å². The van der Waals surface area contributed by atoms with Gasteiger partial charge in [0.25, 0.3) is 5.78 Å². The Labute approximate surface area is 62.7 Å². The summed E-state index contributed by atoms with van der Waals surface area (Å²) in [6.45, 7) is 2.15. The number of Topliss-reactive ketones (excluding diaryl/α,β-unsaturated/α-hetero) is 3. The predicted octanol–water partition coefficient (Wildman–Crippen LogP) is -0.269. The van der Waals surface area contributed by atoms with Crippen molar-refractivity contribution in [3.8, 4) is 0 Å². The number of hydrogen-bond donors (Lipinski definition) is 0. The van der Waals surface area contributed by atoms with Crippen molar-refractivity contribution in [3.63, 3.8) is 0 Å². The molecule has 0 radical (unpaired) electrons. The fourth-order valence-electron chi connectivity index (χ4n) is 0.248. The molecule has 0 fully saturated rings. The molecule has 0 N–H and O–H groups in total. The van der Waals surface area contributed by atoms with Gasteiger partial charge in [-0.05, 0) is 0 Å². The molecule has 0 heterocycles. The largest absolute Gasteiger partial charge is 0.291 e. The quantitative estimate of drug-likeness (QED) is 0.328. The van der Waals surface area contributed by atoms with Crippen molar-refractivity contribution in [2.24, 2.45) is 0 Å². The molecule has 9 heavy (non-hydrogen) atoms. The Morgan fingerprint density at radius 2 is 1.11 bits per heavy atom. The van der Waals surface area contributed by atoms with Crippen LogP contribution in [0.15, 0.2) is 0 Å². The van der Waals surface area contributed by atoms with Crippen LogP contribution in [0.2, 0.25) is 0 Å². The summed E-state index contributed by atoms with van der Waals surface area (Å²) in [5.41, 5.74) is 0. The average molecular weight is 173 g/mol. The van der Waals surface area contributed by atoms with E-state index in [0.29, 0.717) is 0 Å². The summed E-state index contributed by atoms with van der Waals surface area (Å²) in [6, 6.07) is 0. The van der Waals surface area contributed by atoms with E-state index in [-0.39, 0.29) is 16.5 Å². The first-order valence-corrected chi connectivity index (χ1v) is 2.11. The molecule has 0 aromatic heterocycles. The van der Waals surface area contributed by atoms with Crippen LogP contribution in [0.25, 0.3) is 0 Å². The summed E-state index contributed by atoms with van der Waals surface area (Å²) in [5.74, 6) is -2.32. The monoisotopic (exact) mass is 172 g/mol. The minimum absolute atomic E-state index is 0. The van der Waals surface area contributed by atoms with Gasteiger partial charge in [0.1, 0.15) is 0 Å². The van der Waals surface area contributed by atoms with Crippen LogP contribution in [0.1, 0.15) is 13.8 Å². The van der Waals surface area contributed by atoms with Gasteiger partial charge in [0.15, 0.2) is 0 Å². The molecule has 0 atom stereocenters. The Morgan fingerprint density at radius 1 is 0.889 bits per heavy atom. The summed E-state index contributed by atoms with van der Waals surface area (Å²) in [7, 11) is 0. The van der Waals surface area contributed by atoms with E-state index in [0.717, 1.165) is 13.8 Å². The smallest absolute Gasteiger partial charge is 0.263 e. The third kappa shape index (κ3) is 4.04. The van der Waals surface area contributed by atoms with E-state index in [1.165, 1.54) is 0 Å². The van der Waals surface area contributed by atoms with Crippen molar-refractivity contribution in [1.82, 2.24) is 0 Å². The Balaban J connectivity index is 0. The zero-order chi connectivity index (χ0) is 6.73. The van der Waals surface area contributed by atoms with Gasteiger partial charge in [0.2, 0.25) is 11.6 Å². The molecule has 0 aliphatic heterocycles.